The van der Waals surface area contributed by atoms with Gasteiger partial charge < -0.3 is 5.32 Å². The quantitative estimate of drug-likeness (QED) is 0.463. The average Bonchev–Trinajstić information content (AvgIpc) is 2.54. The van der Waals surface area contributed by atoms with Crippen LogP contribution in [0.25, 0.3) is 0 Å². The highest BCUT2D eigenvalue weighted by Gasteiger charge is 2.18. The maximum atomic E-state index is 12.3. The molecule has 124 valence electrons. The molecule has 0 aliphatic rings. The minimum absolute atomic E-state index is 0.183. The van der Waals surface area contributed by atoms with Gasteiger partial charge in [-0.2, -0.15) is 0 Å². The van der Waals surface area contributed by atoms with E-state index in [9.17, 15) is 19.7 Å². The lowest BCUT2D eigenvalue weighted by Crippen LogP contribution is -2.19. The molecule has 24 heavy (non-hydrogen) atoms. The lowest BCUT2D eigenvalue weighted by Gasteiger charge is -2.13. The number of carbonyl (C=O) groups is 2. The van der Waals surface area contributed by atoms with Crippen LogP contribution in [0.5, 0.6) is 0 Å². The molecule has 0 heterocycles. The first-order chi connectivity index (χ1) is 11.4. The van der Waals surface area contributed by atoms with E-state index in [1.54, 1.807) is 19.1 Å². The van der Waals surface area contributed by atoms with Crippen LogP contribution in [0.1, 0.15) is 28.8 Å². The fourth-order valence-electron chi connectivity index (χ4n) is 2.17. The number of amides is 1. The lowest BCUT2D eigenvalue weighted by atomic mass is 10.0. The molecule has 2 rings (SSSR count). The molecule has 0 saturated carbocycles. The number of ketones is 1. The molecule has 0 aliphatic heterocycles. The summed E-state index contributed by atoms with van der Waals surface area (Å²) in [7, 11) is 0. The second-order valence-corrected chi connectivity index (χ2v) is 6.08. The summed E-state index contributed by atoms with van der Waals surface area (Å²) in [6.45, 7) is 1.03. The van der Waals surface area contributed by atoms with Gasteiger partial charge in [-0.3, -0.25) is 19.7 Å². The van der Waals surface area contributed by atoms with Crippen molar-refractivity contribution in [1.82, 2.24) is 0 Å². The van der Waals surface area contributed by atoms with Crippen molar-refractivity contribution in [2.24, 2.45) is 0 Å². The maximum absolute atomic E-state index is 12.3. The number of Topliss-reactive ketones (excluding diaryl/α,β-unsaturated/α-hetero) is 1. The molecule has 0 spiro atoms. The topological polar surface area (TPSA) is 89.3 Å². The Labute approximate surface area is 147 Å². The first-order valence-electron chi connectivity index (χ1n) is 7.19. The minimum Gasteiger partial charge on any atom is -0.326 e. The van der Waals surface area contributed by atoms with Crippen LogP contribution in [-0.4, -0.2) is 23.2 Å². The SMILES string of the molecule is CC(C(=O)Nc1ccc(C(=O)C[N+](=O)[O-])c(Br)c1)c1ccccc1. The number of nitro groups is 1. The van der Waals surface area contributed by atoms with Crippen molar-refractivity contribution < 1.29 is 14.5 Å². The van der Waals surface area contributed by atoms with Gasteiger partial charge in [0.15, 0.2) is 0 Å². The third-order valence-corrected chi connectivity index (χ3v) is 4.16. The van der Waals surface area contributed by atoms with Crippen molar-refractivity contribution in [2.45, 2.75) is 12.8 Å². The summed E-state index contributed by atoms with van der Waals surface area (Å²) >= 11 is 3.21. The Balaban J connectivity index is 2.11. The number of anilines is 1. The molecule has 0 radical (unpaired) electrons. The Bertz CT molecular complexity index is 777. The number of halogens is 1. The van der Waals surface area contributed by atoms with Crippen LogP contribution in [0, 0.1) is 10.1 Å². The average molecular weight is 391 g/mol. The number of benzene rings is 2. The molecular formula is C17H15BrN2O4. The summed E-state index contributed by atoms with van der Waals surface area (Å²) in [4.78, 5) is 33.8. The Kier molecular flexibility index (Phi) is 5.81. The van der Waals surface area contributed by atoms with Crippen molar-refractivity contribution in [3.63, 3.8) is 0 Å². The van der Waals surface area contributed by atoms with E-state index in [2.05, 4.69) is 21.2 Å². The second kappa shape index (κ2) is 7.83. The van der Waals surface area contributed by atoms with Gasteiger partial charge in [-0.25, -0.2) is 0 Å². The van der Waals surface area contributed by atoms with Gasteiger partial charge in [0.2, 0.25) is 11.7 Å². The zero-order valence-corrected chi connectivity index (χ0v) is 14.4. The highest BCUT2D eigenvalue weighted by Crippen LogP contribution is 2.24. The van der Waals surface area contributed by atoms with E-state index in [-0.39, 0.29) is 17.4 Å². The van der Waals surface area contributed by atoms with Crippen molar-refractivity contribution in [3.05, 3.63) is 74.2 Å². The first kappa shape index (κ1) is 17.8. The lowest BCUT2D eigenvalue weighted by molar-refractivity contribution is -0.465. The normalized spacial score (nSPS) is 11.6. The van der Waals surface area contributed by atoms with Crippen LogP contribution in [0.3, 0.4) is 0 Å². The molecular weight excluding hydrogens is 376 g/mol. The summed E-state index contributed by atoms with van der Waals surface area (Å²) < 4.78 is 0.402. The second-order valence-electron chi connectivity index (χ2n) is 5.23. The van der Waals surface area contributed by atoms with Gasteiger partial charge in [0.25, 0.3) is 6.54 Å². The monoisotopic (exact) mass is 390 g/mol. The van der Waals surface area contributed by atoms with E-state index in [1.807, 2.05) is 30.3 Å². The highest BCUT2D eigenvalue weighted by molar-refractivity contribution is 9.10. The Morgan fingerprint density at radius 1 is 1.21 bits per heavy atom. The van der Waals surface area contributed by atoms with Crippen LogP contribution in [-0.2, 0) is 4.79 Å². The summed E-state index contributed by atoms with van der Waals surface area (Å²) in [6, 6.07) is 13.9. The van der Waals surface area contributed by atoms with Gasteiger partial charge in [-0.05, 0) is 46.6 Å². The zero-order valence-electron chi connectivity index (χ0n) is 12.9. The highest BCUT2D eigenvalue weighted by atomic mass is 79.9. The van der Waals surface area contributed by atoms with Crippen molar-refractivity contribution in [3.8, 4) is 0 Å². The van der Waals surface area contributed by atoms with Crippen LogP contribution in [0.4, 0.5) is 5.69 Å². The maximum Gasteiger partial charge on any atom is 0.265 e. The smallest absolute Gasteiger partial charge is 0.265 e. The van der Waals surface area contributed by atoms with Crippen molar-refractivity contribution in [1.29, 1.82) is 0 Å². The predicted molar refractivity (Wildman–Crippen MR) is 93.8 cm³/mol. The molecule has 1 N–H and O–H groups in total. The van der Waals surface area contributed by atoms with E-state index in [0.29, 0.717) is 10.2 Å². The van der Waals surface area contributed by atoms with Crippen LogP contribution >= 0.6 is 15.9 Å². The molecule has 0 bridgehead atoms. The van der Waals surface area contributed by atoms with Crippen molar-refractivity contribution in [2.75, 3.05) is 11.9 Å². The number of rotatable bonds is 6. The molecule has 2 aromatic carbocycles. The van der Waals surface area contributed by atoms with Gasteiger partial charge in [0, 0.05) is 20.6 Å². The van der Waals surface area contributed by atoms with Crippen LogP contribution < -0.4 is 5.32 Å². The van der Waals surface area contributed by atoms with E-state index < -0.39 is 17.3 Å². The number of hydrogen-bond acceptors (Lipinski definition) is 4. The molecule has 2 aromatic rings. The standard InChI is InChI=1S/C17H15BrN2O4/c1-11(12-5-3-2-4-6-12)17(22)19-13-7-8-14(15(18)9-13)16(21)10-20(23)24/h2-9,11H,10H2,1H3,(H,19,22). The minimum atomic E-state index is -0.769. The predicted octanol–water partition coefficient (Wildman–Crippen LogP) is 3.65. The summed E-state index contributed by atoms with van der Waals surface area (Å²) in [5, 5.41) is 13.2. The van der Waals surface area contributed by atoms with Crippen LogP contribution in [0.15, 0.2) is 53.0 Å². The third-order valence-electron chi connectivity index (χ3n) is 3.50. The Morgan fingerprint density at radius 3 is 2.46 bits per heavy atom. The molecule has 6 nitrogen and oxygen atoms in total. The molecule has 0 aliphatic carbocycles. The van der Waals surface area contributed by atoms with Gasteiger partial charge >= 0.3 is 0 Å². The fourth-order valence-corrected chi connectivity index (χ4v) is 2.76. The van der Waals surface area contributed by atoms with Gasteiger partial charge in [0.05, 0.1) is 5.92 Å². The largest absolute Gasteiger partial charge is 0.326 e. The van der Waals surface area contributed by atoms with Crippen LogP contribution in [0.2, 0.25) is 0 Å². The number of hydrogen-bond donors (Lipinski definition) is 1. The first-order valence-corrected chi connectivity index (χ1v) is 7.98. The number of nitrogens with zero attached hydrogens (tertiary/aromatic N) is 1. The Hall–Kier alpha value is -2.54. The number of carbonyl (C=O) groups excluding carboxylic acids is 2. The summed E-state index contributed by atoms with van der Waals surface area (Å²) in [6.07, 6.45) is 0. The van der Waals surface area contributed by atoms with Crippen molar-refractivity contribution >= 4 is 33.3 Å². The number of nitrogens with one attached hydrogen (secondary N) is 1. The van der Waals surface area contributed by atoms with Gasteiger partial charge in [-0.15, -0.1) is 0 Å². The summed E-state index contributed by atoms with van der Waals surface area (Å²) in [5.41, 5.74) is 1.61. The fraction of sp³-hybridized carbons (Fsp3) is 0.176. The Morgan fingerprint density at radius 2 is 1.88 bits per heavy atom. The van der Waals surface area contributed by atoms with E-state index in [0.717, 1.165) is 5.56 Å². The zero-order chi connectivity index (χ0) is 17.7. The van der Waals surface area contributed by atoms with E-state index in [4.69, 9.17) is 0 Å². The molecule has 1 atom stereocenters. The summed E-state index contributed by atoms with van der Waals surface area (Å²) in [5.74, 6) is -1.11. The van der Waals surface area contributed by atoms with E-state index >= 15 is 0 Å². The molecule has 7 heteroatoms. The molecule has 0 saturated heterocycles. The van der Waals surface area contributed by atoms with Gasteiger partial charge in [-0.1, -0.05) is 30.3 Å². The van der Waals surface area contributed by atoms with Gasteiger partial charge in [0.1, 0.15) is 0 Å². The third kappa shape index (κ3) is 4.48. The molecule has 0 fully saturated rings. The molecule has 1 amide bonds. The molecule has 1 unspecified atom stereocenters. The van der Waals surface area contributed by atoms with E-state index in [1.165, 1.54) is 6.07 Å². The molecule has 0 aromatic heterocycles.